The maximum absolute atomic E-state index is 12.5. The first kappa shape index (κ1) is 16.2. The van der Waals surface area contributed by atoms with Crippen LogP contribution in [0.2, 0.25) is 0 Å². The molecular formula is C19H19N5O3. The molecule has 0 saturated carbocycles. The van der Waals surface area contributed by atoms with Crippen LogP contribution in [0.4, 0.5) is 0 Å². The average Bonchev–Trinajstić information content (AvgIpc) is 3.40. The lowest BCUT2D eigenvalue weighted by Gasteiger charge is -2.16. The molecule has 27 heavy (non-hydrogen) atoms. The smallest absolute Gasteiger partial charge is 0.327 e. The van der Waals surface area contributed by atoms with E-state index in [0.717, 1.165) is 27.7 Å². The summed E-state index contributed by atoms with van der Waals surface area (Å²) in [6.07, 6.45) is 5.43. The number of aromatic amines is 2. The number of nitrogens with zero attached hydrogens (tertiary/aromatic N) is 3. The minimum atomic E-state index is -0.171. The maximum Gasteiger partial charge on any atom is 0.327 e. The summed E-state index contributed by atoms with van der Waals surface area (Å²) in [5, 5.41) is 1.03. The Hall–Kier alpha value is -2.97. The average molecular weight is 365 g/mol. The number of aromatic nitrogens is 5. The van der Waals surface area contributed by atoms with Gasteiger partial charge in [0.25, 0.3) is 0 Å². The molecule has 1 fully saturated rings. The Kier molecular flexibility index (Phi) is 3.80. The second-order valence-electron chi connectivity index (χ2n) is 6.84. The Morgan fingerprint density at radius 3 is 2.89 bits per heavy atom. The molecule has 138 valence electrons. The van der Waals surface area contributed by atoms with Gasteiger partial charge in [0.2, 0.25) is 0 Å². The highest BCUT2D eigenvalue weighted by Crippen LogP contribution is 2.25. The molecule has 5 heterocycles. The quantitative estimate of drug-likeness (QED) is 0.576. The maximum atomic E-state index is 12.5. The van der Waals surface area contributed by atoms with Gasteiger partial charge in [0.1, 0.15) is 5.65 Å². The number of fused-ring (bicyclic) bond motifs is 2. The molecule has 0 spiro atoms. The van der Waals surface area contributed by atoms with E-state index in [0.29, 0.717) is 25.4 Å². The van der Waals surface area contributed by atoms with Gasteiger partial charge in [0.15, 0.2) is 5.65 Å². The Balaban J connectivity index is 1.57. The first-order valence-corrected chi connectivity index (χ1v) is 8.85. The molecule has 0 radical (unpaired) electrons. The highest BCUT2D eigenvalue weighted by Gasteiger charge is 2.29. The van der Waals surface area contributed by atoms with E-state index in [1.54, 1.807) is 17.9 Å². The van der Waals surface area contributed by atoms with Crippen LogP contribution < -0.4 is 5.69 Å². The molecule has 8 heteroatoms. The summed E-state index contributed by atoms with van der Waals surface area (Å²) in [4.78, 5) is 27.3. The monoisotopic (exact) mass is 365 g/mol. The lowest BCUT2D eigenvalue weighted by atomic mass is 10.1. The summed E-state index contributed by atoms with van der Waals surface area (Å²) in [6, 6.07) is 6.02. The number of rotatable bonds is 4. The van der Waals surface area contributed by atoms with E-state index < -0.39 is 0 Å². The molecule has 1 aliphatic heterocycles. The predicted molar refractivity (Wildman–Crippen MR) is 101 cm³/mol. The molecule has 5 rings (SSSR count). The SMILES string of the molecule is CO[C@@H]1COC[C@H]1Cn1c(=O)[nH]c2ncc(-c3cnc4[nH]ccc4c3)cc21. The lowest BCUT2D eigenvalue weighted by molar-refractivity contribution is 0.0632. The third kappa shape index (κ3) is 2.73. The van der Waals surface area contributed by atoms with Crippen molar-refractivity contribution in [3.8, 4) is 11.1 Å². The van der Waals surface area contributed by atoms with Crippen LogP contribution in [0.25, 0.3) is 33.3 Å². The lowest BCUT2D eigenvalue weighted by Crippen LogP contribution is -2.29. The molecular weight excluding hydrogens is 346 g/mol. The molecule has 4 aromatic heterocycles. The zero-order valence-electron chi connectivity index (χ0n) is 14.8. The molecule has 0 amide bonds. The number of hydrogen-bond donors (Lipinski definition) is 2. The number of methoxy groups -OCH3 is 1. The standard InChI is InChI=1S/C19H19N5O3/c1-26-16-10-27-9-14(16)8-24-15-5-13(7-22-18(15)23-19(24)25)12-4-11-2-3-20-17(11)21-6-12/h2-7,14,16H,8-10H2,1H3,(H,20,21)(H,22,23,25)/t14-,16-/m1/s1. The summed E-state index contributed by atoms with van der Waals surface area (Å²) >= 11 is 0. The van der Waals surface area contributed by atoms with Crippen molar-refractivity contribution < 1.29 is 9.47 Å². The van der Waals surface area contributed by atoms with E-state index in [1.165, 1.54) is 0 Å². The molecule has 2 atom stereocenters. The second kappa shape index (κ2) is 6.33. The van der Waals surface area contributed by atoms with E-state index in [2.05, 4.69) is 26.0 Å². The first-order valence-electron chi connectivity index (χ1n) is 8.85. The summed E-state index contributed by atoms with van der Waals surface area (Å²) < 4.78 is 12.7. The van der Waals surface area contributed by atoms with E-state index in [4.69, 9.17) is 9.47 Å². The third-order valence-corrected chi connectivity index (χ3v) is 5.22. The van der Waals surface area contributed by atoms with Crippen molar-refractivity contribution in [1.82, 2.24) is 24.5 Å². The van der Waals surface area contributed by atoms with Crippen LogP contribution in [0.1, 0.15) is 0 Å². The van der Waals surface area contributed by atoms with Gasteiger partial charge in [-0.15, -0.1) is 0 Å². The number of nitrogens with one attached hydrogen (secondary N) is 2. The minimum Gasteiger partial charge on any atom is -0.379 e. The summed E-state index contributed by atoms with van der Waals surface area (Å²) in [6.45, 7) is 1.67. The van der Waals surface area contributed by atoms with Gasteiger partial charge in [0, 0.05) is 54.7 Å². The van der Waals surface area contributed by atoms with E-state index in [1.807, 2.05) is 24.5 Å². The molecule has 2 N–H and O–H groups in total. The summed E-state index contributed by atoms with van der Waals surface area (Å²) in [7, 11) is 1.67. The van der Waals surface area contributed by atoms with Gasteiger partial charge in [-0.1, -0.05) is 0 Å². The second-order valence-corrected chi connectivity index (χ2v) is 6.84. The number of hydrogen-bond acceptors (Lipinski definition) is 5. The Labute approximate surface area is 154 Å². The summed E-state index contributed by atoms with van der Waals surface area (Å²) in [5.74, 6) is 0.133. The Morgan fingerprint density at radius 1 is 1.22 bits per heavy atom. The van der Waals surface area contributed by atoms with Crippen molar-refractivity contribution in [2.45, 2.75) is 12.6 Å². The largest absolute Gasteiger partial charge is 0.379 e. The molecule has 4 aromatic rings. The number of imidazole rings is 1. The predicted octanol–water partition coefficient (Wildman–Crippen LogP) is 1.93. The Bertz CT molecular complexity index is 1170. The van der Waals surface area contributed by atoms with Gasteiger partial charge < -0.3 is 14.5 Å². The molecule has 1 aliphatic rings. The van der Waals surface area contributed by atoms with Crippen molar-refractivity contribution in [2.75, 3.05) is 20.3 Å². The van der Waals surface area contributed by atoms with E-state index in [-0.39, 0.29) is 17.7 Å². The van der Waals surface area contributed by atoms with Gasteiger partial charge in [0.05, 0.1) is 24.8 Å². The van der Waals surface area contributed by atoms with Crippen LogP contribution in [0.5, 0.6) is 0 Å². The fourth-order valence-corrected chi connectivity index (χ4v) is 3.71. The van der Waals surface area contributed by atoms with Crippen LogP contribution in [0.15, 0.2) is 41.6 Å². The van der Waals surface area contributed by atoms with Crippen molar-refractivity contribution in [1.29, 1.82) is 0 Å². The molecule has 0 unspecified atom stereocenters. The topological polar surface area (TPSA) is 97.8 Å². The van der Waals surface area contributed by atoms with Crippen LogP contribution in [-0.2, 0) is 16.0 Å². The minimum absolute atomic E-state index is 0.00168. The van der Waals surface area contributed by atoms with Crippen molar-refractivity contribution in [3.63, 3.8) is 0 Å². The van der Waals surface area contributed by atoms with Crippen LogP contribution in [0.3, 0.4) is 0 Å². The molecule has 8 nitrogen and oxygen atoms in total. The van der Waals surface area contributed by atoms with E-state index in [9.17, 15) is 4.79 Å². The zero-order chi connectivity index (χ0) is 18.4. The third-order valence-electron chi connectivity index (χ3n) is 5.22. The number of ether oxygens (including phenoxy) is 2. The normalized spacial score (nSPS) is 20.0. The van der Waals surface area contributed by atoms with Gasteiger partial charge in [-0.3, -0.25) is 9.55 Å². The van der Waals surface area contributed by atoms with Gasteiger partial charge in [-0.2, -0.15) is 0 Å². The van der Waals surface area contributed by atoms with Crippen LogP contribution in [-0.4, -0.2) is 50.9 Å². The van der Waals surface area contributed by atoms with Gasteiger partial charge in [-0.25, -0.2) is 14.8 Å². The molecule has 0 bridgehead atoms. The Morgan fingerprint density at radius 2 is 2.04 bits per heavy atom. The molecule has 0 aliphatic carbocycles. The van der Waals surface area contributed by atoms with Gasteiger partial charge in [-0.05, 0) is 18.2 Å². The first-order chi connectivity index (χ1) is 13.2. The summed E-state index contributed by atoms with van der Waals surface area (Å²) in [5.41, 5.74) is 3.89. The van der Waals surface area contributed by atoms with E-state index >= 15 is 0 Å². The highest BCUT2D eigenvalue weighted by molar-refractivity contribution is 5.84. The number of H-pyrrole nitrogens is 2. The van der Waals surface area contributed by atoms with Crippen molar-refractivity contribution in [2.24, 2.45) is 5.92 Å². The van der Waals surface area contributed by atoms with Crippen LogP contribution in [0, 0.1) is 5.92 Å². The van der Waals surface area contributed by atoms with Crippen LogP contribution >= 0.6 is 0 Å². The molecule has 1 saturated heterocycles. The highest BCUT2D eigenvalue weighted by atomic mass is 16.5. The van der Waals surface area contributed by atoms with Gasteiger partial charge >= 0.3 is 5.69 Å². The zero-order valence-corrected chi connectivity index (χ0v) is 14.8. The van der Waals surface area contributed by atoms with Crippen molar-refractivity contribution >= 4 is 22.2 Å². The number of pyridine rings is 2. The fourth-order valence-electron chi connectivity index (χ4n) is 3.71. The van der Waals surface area contributed by atoms with Crippen molar-refractivity contribution in [3.05, 3.63) is 47.3 Å². The molecule has 0 aromatic carbocycles. The fraction of sp³-hybridized carbons (Fsp3) is 0.316.